The van der Waals surface area contributed by atoms with Crippen LogP contribution in [0.2, 0.25) is 0 Å². The zero-order valence-electron chi connectivity index (χ0n) is 22.5. The second kappa shape index (κ2) is 10.7. The van der Waals surface area contributed by atoms with Gasteiger partial charge in [0.05, 0.1) is 29.5 Å². The molecule has 3 aromatic heterocycles. The molecule has 0 radical (unpaired) electrons. The number of carbonyl (C=O) groups excluding carboxylic acids is 1. The van der Waals surface area contributed by atoms with Crippen molar-refractivity contribution >= 4 is 17.5 Å². The average molecular weight is 546 g/mol. The van der Waals surface area contributed by atoms with Crippen LogP contribution in [-0.4, -0.2) is 76.1 Å². The first-order chi connectivity index (χ1) is 19.1. The molecular weight excluding hydrogens is 517 g/mol. The number of halogens is 1. The lowest BCUT2D eigenvalue weighted by Gasteiger charge is -2.34. The van der Waals surface area contributed by atoms with Crippen molar-refractivity contribution in [2.75, 3.05) is 18.4 Å². The number of aromatic nitrogens is 8. The summed E-state index contributed by atoms with van der Waals surface area (Å²) in [6.07, 6.45) is 2.88. The number of likely N-dealkylation sites (tertiary alicyclic amines) is 1. The monoisotopic (exact) mass is 545 g/mol. The largest absolute Gasteiger partial charge is 0.486 e. The van der Waals surface area contributed by atoms with Crippen LogP contribution in [0.4, 0.5) is 16.0 Å². The number of aryl methyl sites for hydroxylation is 1. The third-order valence-electron chi connectivity index (χ3n) is 6.29. The minimum Gasteiger partial charge on any atom is -0.486 e. The van der Waals surface area contributed by atoms with Crippen LogP contribution in [0.15, 0.2) is 36.9 Å². The molecule has 14 heteroatoms. The van der Waals surface area contributed by atoms with Gasteiger partial charge in [0, 0.05) is 24.7 Å². The number of nitriles is 1. The Labute approximate surface area is 229 Å². The molecule has 0 aliphatic carbocycles. The van der Waals surface area contributed by atoms with Crippen molar-refractivity contribution in [3.05, 3.63) is 54.1 Å². The molecule has 0 spiro atoms. The van der Waals surface area contributed by atoms with E-state index in [9.17, 15) is 10.1 Å². The molecule has 1 saturated heterocycles. The van der Waals surface area contributed by atoms with Gasteiger partial charge in [-0.15, -0.1) is 5.10 Å². The number of piperidine rings is 1. The number of hydrogen-bond acceptors (Lipinski definition) is 10. The first-order valence-electron chi connectivity index (χ1n) is 12.7. The summed E-state index contributed by atoms with van der Waals surface area (Å²) in [4.78, 5) is 30.8. The van der Waals surface area contributed by atoms with E-state index in [0.717, 1.165) is 5.69 Å². The van der Waals surface area contributed by atoms with Crippen LogP contribution < -0.4 is 10.1 Å². The number of alkyl halides is 1. The maximum atomic E-state index is 15.0. The van der Waals surface area contributed by atoms with Gasteiger partial charge in [-0.3, -0.25) is 14.6 Å². The van der Waals surface area contributed by atoms with E-state index in [0.29, 0.717) is 23.2 Å². The fraction of sp³-hybridized carbons (Fsp3) is 0.385. The summed E-state index contributed by atoms with van der Waals surface area (Å²) in [7, 11) is 0. The normalized spacial score (nSPS) is 17.4. The zero-order chi connectivity index (χ0) is 28.4. The molecule has 0 saturated carbocycles. The molecule has 2 N–H and O–H groups in total. The maximum Gasteiger partial charge on any atom is 0.293 e. The van der Waals surface area contributed by atoms with Crippen LogP contribution >= 0.6 is 0 Å². The number of amides is 1. The quantitative estimate of drug-likeness (QED) is 0.368. The summed E-state index contributed by atoms with van der Waals surface area (Å²) in [5.41, 5.74) is 1.33. The maximum absolute atomic E-state index is 15.0. The number of benzene rings is 1. The van der Waals surface area contributed by atoms with Crippen LogP contribution in [0.1, 0.15) is 49.2 Å². The number of hydrogen-bond donors (Lipinski definition) is 2. The third kappa shape index (κ3) is 5.73. The van der Waals surface area contributed by atoms with Gasteiger partial charge < -0.3 is 15.0 Å². The molecule has 13 nitrogen and oxygen atoms in total. The fourth-order valence-electron chi connectivity index (χ4n) is 4.18. The molecule has 4 heterocycles. The molecular formula is C26H28FN11O2. The summed E-state index contributed by atoms with van der Waals surface area (Å²) in [6.45, 7) is 7.93. The SMILES string of the molecule is Cc1nc(C(=O)N2CC[C@H](Oc3ccc(-c4ncnc(Nc5cnn(C(C)(C)C)c5)n4)cc3C#N)[C@@H](F)C2)n[nH]1. The molecule has 2 atom stereocenters. The van der Waals surface area contributed by atoms with E-state index in [4.69, 9.17) is 4.74 Å². The Morgan fingerprint density at radius 2 is 2.10 bits per heavy atom. The molecule has 40 heavy (non-hydrogen) atoms. The summed E-state index contributed by atoms with van der Waals surface area (Å²) in [6, 6.07) is 6.98. The molecule has 4 aromatic rings. The highest BCUT2D eigenvalue weighted by atomic mass is 19.1. The Balaban J connectivity index is 1.26. The lowest BCUT2D eigenvalue weighted by Crippen LogP contribution is -2.49. The lowest BCUT2D eigenvalue weighted by molar-refractivity contribution is 0.0195. The van der Waals surface area contributed by atoms with E-state index in [2.05, 4.69) is 46.6 Å². The third-order valence-corrected chi connectivity index (χ3v) is 6.29. The Hall–Kier alpha value is -4.93. The second-order valence-corrected chi connectivity index (χ2v) is 10.4. The van der Waals surface area contributed by atoms with Crippen molar-refractivity contribution in [1.82, 2.24) is 44.8 Å². The van der Waals surface area contributed by atoms with Crippen LogP contribution in [0.5, 0.6) is 5.75 Å². The van der Waals surface area contributed by atoms with E-state index in [1.165, 1.54) is 11.2 Å². The topological polar surface area (TPSA) is 163 Å². The fourth-order valence-corrected chi connectivity index (χ4v) is 4.18. The number of H-pyrrole nitrogens is 1. The Kier molecular flexibility index (Phi) is 7.12. The van der Waals surface area contributed by atoms with Crippen molar-refractivity contribution in [3.63, 3.8) is 0 Å². The highest BCUT2D eigenvalue weighted by Gasteiger charge is 2.35. The Morgan fingerprint density at radius 3 is 2.77 bits per heavy atom. The number of anilines is 2. The van der Waals surface area contributed by atoms with Crippen molar-refractivity contribution in [3.8, 4) is 23.2 Å². The standard InChI is InChI=1S/C26H28FN11O2/c1-15-32-23(36-35-15)24(39)37-8-7-21(19(27)13-37)40-20-6-5-16(9-17(20)10-28)22-29-14-30-25(34-22)33-18-11-31-38(12-18)26(2,3)4/h5-6,9,11-12,14,19,21H,7-8,13H2,1-4H3,(H,32,35,36)(H,29,30,33,34)/t19-,21-/m0/s1. The first-order valence-corrected chi connectivity index (χ1v) is 12.7. The van der Waals surface area contributed by atoms with Gasteiger partial charge in [0.15, 0.2) is 12.0 Å². The van der Waals surface area contributed by atoms with Gasteiger partial charge in [-0.2, -0.15) is 15.3 Å². The van der Waals surface area contributed by atoms with Gasteiger partial charge in [0.25, 0.3) is 5.91 Å². The van der Waals surface area contributed by atoms with Crippen molar-refractivity contribution in [2.24, 2.45) is 0 Å². The minimum atomic E-state index is -1.45. The molecule has 1 amide bonds. The molecule has 1 aliphatic rings. The van der Waals surface area contributed by atoms with E-state index >= 15 is 4.39 Å². The molecule has 5 rings (SSSR count). The van der Waals surface area contributed by atoms with E-state index in [1.54, 1.807) is 31.3 Å². The summed E-state index contributed by atoms with van der Waals surface area (Å²) in [5.74, 6) is 0.971. The summed E-state index contributed by atoms with van der Waals surface area (Å²) in [5, 5.41) is 23.7. The number of ether oxygens (including phenoxy) is 1. The Bertz CT molecular complexity index is 1570. The van der Waals surface area contributed by atoms with Gasteiger partial charge in [-0.05, 0) is 45.9 Å². The summed E-state index contributed by atoms with van der Waals surface area (Å²) >= 11 is 0. The van der Waals surface area contributed by atoms with E-state index in [-0.39, 0.29) is 42.2 Å². The number of aromatic amines is 1. The van der Waals surface area contributed by atoms with E-state index < -0.39 is 18.2 Å². The van der Waals surface area contributed by atoms with Gasteiger partial charge in [-0.25, -0.2) is 19.3 Å². The summed E-state index contributed by atoms with van der Waals surface area (Å²) < 4.78 is 22.8. The lowest BCUT2D eigenvalue weighted by atomic mass is 10.0. The van der Waals surface area contributed by atoms with Crippen LogP contribution in [0.25, 0.3) is 11.4 Å². The molecule has 206 valence electrons. The van der Waals surface area contributed by atoms with Crippen molar-refractivity contribution in [2.45, 2.75) is 51.9 Å². The minimum absolute atomic E-state index is 0.00286. The van der Waals surface area contributed by atoms with Gasteiger partial charge in [0.1, 0.15) is 30.1 Å². The number of rotatable bonds is 6. The predicted molar refractivity (Wildman–Crippen MR) is 141 cm³/mol. The van der Waals surface area contributed by atoms with Crippen LogP contribution in [0.3, 0.4) is 0 Å². The van der Waals surface area contributed by atoms with Gasteiger partial charge in [0.2, 0.25) is 11.8 Å². The molecule has 1 aliphatic heterocycles. The predicted octanol–water partition coefficient (Wildman–Crippen LogP) is 3.16. The highest BCUT2D eigenvalue weighted by molar-refractivity contribution is 5.90. The van der Waals surface area contributed by atoms with Crippen LogP contribution in [0, 0.1) is 18.3 Å². The number of nitrogens with one attached hydrogen (secondary N) is 2. The van der Waals surface area contributed by atoms with Crippen molar-refractivity contribution < 1.29 is 13.9 Å². The van der Waals surface area contributed by atoms with E-state index in [1.807, 2.05) is 31.6 Å². The van der Waals surface area contributed by atoms with Gasteiger partial charge >= 0.3 is 0 Å². The number of nitrogens with zero attached hydrogens (tertiary/aromatic N) is 9. The number of carbonyl (C=O) groups is 1. The first kappa shape index (κ1) is 26.7. The second-order valence-electron chi connectivity index (χ2n) is 10.4. The van der Waals surface area contributed by atoms with Crippen molar-refractivity contribution in [1.29, 1.82) is 5.26 Å². The zero-order valence-corrected chi connectivity index (χ0v) is 22.5. The molecule has 1 fully saturated rings. The Morgan fingerprint density at radius 1 is 1.27 bits per heavy atom. The molecule has 0 bridgehead atoms. The van der Waals surface area contributed by atoms with Gasteiger partial charge in [-0.1, -0.05) is 0 Å². The van der Waals surface area contributed by atoms with Crippen LogP contribution in [-0.2, 0) is 5.54 Å². The molecule has 0 unspecified atom stereocenters. The highest BCUT2D eigenvalue weighted by Crippen LogP contribution is 2.29. The average Bonchev–Trinajstić information content (AvgIpc) is 3.59. The molecule has 1 aromatic carbocycles. The smallest absolute Gasteiger partial charge is 0.293 e.